The van der Waals surface area contributed by atoms with Crippen molar-refractivity contribution < 1.29 is 17.9 Å². The Morgan fingerprint density at radius 3 is 2.62 bits per heavy atom. The number of unbranched alkanes of at least 4 members (excludes halogenated alkanes) is 1. The molecule has 0 atom stereocenters. The number of carbonyl (C=O) groups is 1. The second-order valence-electron chi connectivity index (χ2n) is 6.95. The Bertz CT molecular complexity index is 733. The Kier molecular flexibility index (Phi) is 4.71. The maximum atomic E-state index is 12.5. The average Bonchev–Trinajstić information content (AvgIpc) is 2.54. The van der Waals surface area contributed by atoms with Crippen molar-refractivity contribution in [1.82, 2.24) is 4.31 Å². The zero-order valence-corrected chi connectivity index (χ0v) is 15.2. The standard InChI is InChI=1S/C18H25NO4S/c1-3-4-11-24(21,22)19-9-7-18(8-10-19)13-16(20)15-12-14(2)5-6-17(15)23-18/h5-6,12H,3-4,7-11,13H2,1-2H3. The Morgan fingerprint density at radius 1 is 1.25 bits per heavy atom. The van der Waals surface area contributed by atoms with Crippen LogP contribution in [-0.4, -0.2) is 42.9 Å². The number of Topliss-reactive ketones (excluding diaryl/α,β-unsaturated/α-hetero) is 1. The van der Waals surface area contributed by atoms with Crippen LogP contribution >= 0.6 is 0 Å². The van der Waals surface area contributed by atoms with Gasteiger partial charge < -0.3 is 4.74 Å². The molecule has 3 rings (SSSR count). The van der Waals surface area contributed by atoms with E-state index in [9.17, 15) is 13.2 Å². The van der Waals surface area contributed by atoms with Gasteiger partial charge in [-0.2, -0.15) is 0 Å². The lowest BCUT2D eigenvalue weighted by atomic mass is 9.83. The number of aryl methyl sites for hydroxylation is 1. The molecule has 5 nitrogen and oxygen atoms in total. The van der Waals surface area contributed by atoms with Gasteiger partial charge in [-0.15, -0.1) is 0 Å². The summed E-state index contributed by atoms with van der Waals surface area (Å²) in [4.78, 5) is 12.5. The lowest BCUT2D eigenvalue weighted by molar-refractivity contribution is 0.00589. The van der Waals surface area contributed by atoms with Gasteiger partial charge in [0.2, 0.25) is 10.0 Å². The second kappa shape index (κ2) is 6.48. The monoisotopic (exact) mass is 351 g/mol. The van der Waals surface area contributed by atoms with Crippen molar-refractivity contribution in [3.05, 3.63) is 29.3 Å². The molecule has 1 aromatic rings. The minimum Gasteiger partial charge on any atom is -0.486 e. The maximum Gasteiger partial charge on any atom is 0.214 e. The van der Waals surface area contributed by atoms with Crippen molar-refractivity contribution in [2.75, 3.05) is 18.8 Å². The molecule has 0 unspecified atom stereocenters. The van der Waals surface area contributed by atoms with E-state index in [0.29, 0.717) is 50.1 Å². The lowest BCUT2D eigenvalue weighted by Crippen LogP contribution is -2.52. The fourth-order valence-corrected chi connectivity index (χ4v) is 5.17. The summed E-state index contributed by atoms with van der Waals surface area (Å²) >= 11 is 0. The lowest BCUT2D eigenvalue weighted by Gasteiger charge is -2.43. The number of hydrogen-bond donors (Lipinski definition) is 0. The van der Waals surface area contributed by atoms with Crippen molar-refractivity contribution in [3.8, 4) is 5.75 Å². The summed E-state index contributed by atoms with van der Waals surface area (Å²) in [5.74, 6) is 0.944. The molecule has 0 aromatic heterocycles. The smallest absolute Gasteiger partial charge is 0.214 e. The molecule has 2 aliphatic heterocycles. The van der Waals surface area contributed by atoms with Crippen molar-refractivity contribution in [2.45, 2.75) is 51.6 Å². The van der Waals surface area contributed by atoms with Crippen LogP contribution in [0.5, 0.6) is 5.75 Å². The number of carbonyl (C=O) groups excluding carboxylic acids is 1. The van der Waals surface area contributed by atoms with Gasteiger partial charge in [-0.05, 0) is 25.5 Å². The number of fused-ring (bicyclic) bond motifs is 1. The van der Waals surface area contributed by atoms with Crippen molar-refractivity contribution in [2.24, 2.45) is 0 Å². The fourth-order valence-electron chi connectivity index (χ4n) is 3.51. The van der Waals surface area contributed by atoms with Crippen LogP contribution in [0.25, 0.3) is 0 Å². The van der Waals surface area contributed by atoms with E-state index in [4.69, 9.17) is 4.74 Å². The van der Waals surface area contributed by atoms with E-state index in [1.807, 2.05) is 32.0 Å². The van der Waals surface area contributed by atoms with E-state index in [2.05, 4.69) is 0 Å². The fraction of sp³-hybridized carbons (Fsp3) is 0.611. The molecule has 132 valence electrons. The molecule has 24 heavy (non-hydrogen) atoms. The third kappa shape index (κ3) is 3.35. The minimum atomic E-state index is -3.19. The molecule has 0 saturated carbocycles. The number of rotatable bonds is 4. The van der Waals surface area contributed by atoms with Crippen LogP contribution < -0.4 is 4.74 Å². The summed E-state index contributed by atoms with van der Waals surface area (Å²) in [7, 11) is -3.19. The van der Waals surface area contributed by atoms with Gasteiger partial charge in [-0.1, -0.05) is 25.0 Å². The van der Waals surface area contributed by atoms with Crippen LogP contribution in [0.2, 0.25) is 0 Å². The Balaban J connectivity index is 1.72. The molecular formula is C18H25NO4S. The number of nitrogens with zero attached hydrogens (tertiary/aromatic N) is 1. The molecule has 0 N–H and O–H groups in total. The zero-order valence-electron chi connectivity index (χ0n) is 14.4. The number of sulfonamides is 1. The van der Waals surface area contributed by atoms with Gasteiger partial charge in [-0.3, -0.25) is 4.79 Å². The first-order valence-corrected chi connectivity index (χ1v) is 10.3. The van der Waals surface area contributed by atoms with Gasteiger partial charge >= 0.3 is 0 Å². The topological polar surface area (TPSA) is 63.7 Å². The summed E-state index contributed by atoms with van der Waals surface area (Å²) < 4.78 is 32.4. The molecule has 6 heteroatoms. The summed E-state index contributed by atoms with van der Waals surface area (Å²) in [6, 6.07) is 5.66. The predicted octanol–water partition coefficient (Wildman–Crippen LogP) is 2.92. The molecule has 0 amide bonds. The van der Waals surface area contributed by atoms with E-state index in [-0.39, 0.29) is 11.5 Å². The SMILES string of the molecule is CCCCS(=O)(=O)N1CCC2(CC1)CC(=O)c1cc(C)ccc1O2. The van der Waals surface area contributed by atoms with Gasteiger partial charge in [0.05, 0.1) is 17.7 Å². The summed E-state index contributed by atoms with van der Waals surface area (Å²) in [5.41, 5.74) is 1.15. The molecule has 1 spiro atoms. The third-order valence-corrected chi connectivity index (χ3v) is 6.98. The molecular weight excluding hydrogens is 326 g/mol. The molecule has 1 aromatic carbocycles. The van der Waals surface area contributed by atoms with E-state index in [1.165, 1.54) is 0 Å². The van der Waals surface area contributed by atoms with Crippen LogP contribution in [0.15, 0.2) is 18.2 Å². The van der Waals surface area contributed by atoms with Gasteiger partial charge in [0.1, 0.15) is 11.4 Å². The quantitative estimate of drug-likeness (QED) is 0.837. The van der Waals surface area contributed by atoms with Crippen LogP contribution in [0.3, 0.4) is 0 Å². The largest absolute Gasteiger partial charge is 0.486 e. The molecule has 1 saturated heterocycles. The van der Waals surface area contributed by atoms with E-state index >= 15 is 0 Å². The Labute approximate surface area is 144 Å². The van der Waals surface area contributed by atoms with E-state index < -0.39 is 15.6 Å². The molecule has 0 bridgehead atoms. The number of hydrogen-bond acceptors (Lipinski definition) is 4. The normalized spacial score (nSPS) is 20.7. The Morgan fingerprint density at radius 2 is 1.96 bits per heavy atom. The highest BCUT2D eigenvalue weighted by molar-refractivity contribution is 7.89. The van der Waals surface area contributed by atoms with Gasteiger partial charge in [0.15, 0.2) is 5.78 Å². The molecule has 0 aliphatic carbocycles. The predicted molar refractivity (Wildman–Crippen MR) is 93.0 cm³/mol. The van der Waals surface area contributed by atoms with E-state index in [1.54, 1.807) is 4.31 Å². The number of ketones is 1. The number of benzene rings is 1. The second-order valence-corrected chi connectivity index (χ2v) is 9.04. The molecule has 2 aliphatic rings. The number of piperidine rings is 1. The first-order valence-electron chi connectivity index (χ1n) is 8.66. The van der Waals surface area contributed by atoms with Crippen molar-refractivity contribution in [3.63, 3.8) is 0 Å². The summed E-state index contributed by atoms with van der Waals surface area (Å²) in [6.45, 7) is 4.81. The first-order chi connectivity index (χ1) is 11.4. The average molecular weight is 351 g/mol. The maximum absolute atomic E-state index is 12.5. The minimum absolute atomic E-state index is 0.0993. The highest BCUT2D eigenvalue weighted by Gasteiger charge is 2.44. The highest BCUT2D eigenvalue weighted by atomic mass is 32.2. The van der Waals surface area contributed by atoms with Crippen LogP contribution in [-0.2, 0) is 10.0 Å². The van der Waals surface area contributed by atoms with Gasteiger partial charge in [0.25, 0.3) is 0 Å². The molecule has 0 radical (unpaired) electrons. The van der Waals surface area contributed by atoms with Crippen LogP contribution in [0, 0.1) is 6.92 Å². The third-order valence-electron chi connectivity index (χ3n) is 5.03. The number of ether oxygens (including phenoxy) is 1. The van der Waals surface area contributed by atoms with Gasteiger partial charge in [-0.25, -0.2) is 12.7 Å². The summed E-state index contributed by atoms with van der Waals surface area (Å²) in [6.07, 6.45) is 3.03. The summed E-state index contributed by atoms with van der Waals surface area (Å²) in [5, 5.41) is 0. The first kappa shape index (κ1) is 17.4. The Hall–Kier alpha value is -1.40. The van der Waals surface area contributed by atoms with Crippen LogP contribution in [0.4, 0.5) is 0 Å². The van der Waals surface area contributed by atoms with Crippen molar-refractivity contribution >= 4 is 15.8 Å². The van der Waals surface area contributed by atoms with E-state index in [0.717, 1.165) is 12.0 Å². The molecule has 1 fully saturated rings. The highest BCUT2D eigenvalue weighted by Crippen LogP contribution is 2.40. The molecule has 2 heterocycles. The zero-order chi connectivity index (χ0) is 17.4. The van der Waals surface area contributed by atoms with Crippen molar-refractivity contribution in [1.29, 1.82) is 0 Å². The van der Waals surface area contributed by atoms with Crippen LogP contribution in [0.1, 0.15) is 54.9 Å². The van der Waals surface area contributed by atoms with Gasteiger partial charge in [0, 0.05) is 25.9 Å².